The van der Waals surface area contributed by atoms with Gasteiger partial charge in [-0.2, -0.15) is 4.31 Å². The first-order chi connectivity index (χ1) is 10.4. The van der Waals surface area contributed by atoms with Crippen molar-refractivity contribution in [1.82, 2.24) is 4.31 Å². The molecule has 1 atom stereocenters. The smallest absolute Gasteiger partial charge is 0.214 e. The average molecular weight is 326 g/mol. The van der Waals surface area contributed by atoms with Gasteiger partial charge < -0.3 is 9.64 Å². The van der Waals surface area contributed by atoms with Crippen LogP contribution in [0.1, 0.15) is 18.9 Å². The molecule has 1 fully saturated rings. The molecule has 1 aromatic carbocycles. The van der Waals surface area contributed by atoms with Gasteiger partial charge in [0.05, 0.1) is 12.4 Å². The molecule has 1 heterocycles. The molecule has 6 heteroatoms. The number of ether oxygens (including phenoxy) is 1. The first kappa shape index (κ1) is 17.2. The van der Waals surface area contributed by atoms with E-state index in [4.69, 9.17) is 4.74 Å². The van der Waals surface area contributed by atoms with Crippen molar-refractivity contribution < 1.29 is 13.2 Å². The SMILES string of the molecule is CCN(Cc1ccc(N(C)C)cc1)S(=O)(=O)C[C@H]1CCOC1. The van der Waals surface area contributed by atoms with Crippen LogP contribution >= 0.6 is 0 Å². The van der Waals surface area contributed by atoms with Crippen LogP contribution in [0.4, 0.5) is 5.69 Å². The Balaban J connectivity index is 2.03. The molecule has 0 unspecified atom stereocenters. The number of nitrogens with zero attached hydrogens (tertiary/aromatic N) is 2. The highest BCUT2D eigenvalue weighted by molar-refractivity contribution is 7.89. The second-order valence-electron chi connectivity index (χ2n) is 6.00. The summed E-state index contributed by atoms with van der Waals surface area (Å²) >= 11 is 0. The van der Waals surface area contributed by atoms with E-state index in [0.29, 0.717) is 26.3 Å². The van der Waals surface area contributed by atoms with Gasteiger partial charge in [0.2, 0.25) is 10.0 Å². The van der Waals surface area contributed by atoms with E-state index < -0.39 is 10.0 Å². The van der Waals surface area contributed by atoms with Crippen LogP contribution in [-0.2, 0) is 21.3 Å². The molecule has 5 nitrogen and oxygen atoms in total. The summed E-state index contributed by atoms with van der Waals surface area (Å²) in [4.78, 5) is 2.03. The molecule has 124 valence electrons. The Morgan fingerprint density at radius 1 is 1.23 bits per heavy atom. The third-order valence-corrected chi connectivity index (χ3v) is 6.09. The Morgan fingerprint density at radius 3 is 2.41 bits per heavy atom. The fourth-order valence-electron chi connectivity index (χ4n) is 2.63. The lowest BCUT2D eigenvalue weighted by molar-refractivity contribution is 0.188. The van der Waals surface area contributed by atoms with Crippen molar-refractivity contribution >= 4 is 15.7 Å². The molecule has 1 aliphatic heterocycles. The fourth-order valence-corrected chi connectivity index (χ4v) is 4.44. The number of benzene rings is 1. The van der Waals surface area contributed by atoms with Gasteiger partial charge in [0.1, 0.15) is 0 Å². The van der Waals surface area contributed by atoms with E-state index in [1.807, 2.05) is 50.2 Å². The zero-order valence-corrected chi connectivity index (χ0v) is 14.5. The molecule has 2 rings (SSSR count). The second kappa shape index (κ2) is 7.44. The van der Waals surface area contributed by atoms with Crippen molar-refractivity contribution in [1.29, 1.82) is 0 Å². The molecule has 0 aliphatic carbocycles. The largest absolute Gasteiger partial charge is 0.381 e. The minimum atomic E-state index is -3.24. The minimum absolute atomic E-state index is 0.134. The molecule has 22 heavy (non-hydrogen) atoms. The molecule has 0 bridgehead atoms. The van der Waals surface area contributed by atoms with Gasteiger partial charge in [0, 0.05) is 39.5 Å². The lowest BCUT2D eigenvalue weighted by atomic mass is 10.2. The van der Waals surface area contributed by atoms with E-state index >= 15 is 0 Å². The lowest BCUT2D eigenvalue weighted by Gasteiger charge is -2.22. The van der Waals surface area contributed by atoms with Crippen LogP contribution in [0.25, 0.3) is 0 Å². The van der Waals surface area contributed by atoms with Crippen molar-refractivity contribution in [2.75, 3.05) is 44.5 Å². The quantitative estimate of drug-likeness (QED) is 0.768. The van der Waals surface area contributed by atoms with Gasteiger partial charge in [-0.1, -0.05) is 19.1 Å². The van der Waals surface area contributed by atoms with Crippen LogP contribution in [0.3, 0.4) is 0 Å². The number of hydrogen-bond acceptors (Lipinski definition) is 4. The van der Waals surface area contributed by atoms with Crippen molar-refractivity contribution in [3.8, 4) is 0 Å². The van der Waals surface area contributed by atoms with E-state index in [1.54, 1.807) is 4.31 Å². The third-order valence-electron chi connectivity index (χ3n) is 4.03. The Morgan fingerprint density at radius 2 is 1.91 bits per heavy atom. The van der Waals surface area contributed by atoms with Crippen molar-refractivity contribution in [3.63, 3.8) is 0 Å². The van der Waals surface area contributed by atoms with Gasteiger partial charge in [0.25, 0.3) is 0 Å². The summed E-state index contributed by atoms with van der Waals surface area (Å²) < 4.78 is 32.0. The van der Waals surface area contributed by atoms with Gasteiger partial charge in [0.15, 0.2) is 0 Å². The van der Waals surface area contributed by atoms with Gasteiger partial charge in [-0.15, -0.1) is 0 Å². The van der Waals surface area contributed by atoms with E-state index in [2.05, 4.69) is 0 Å². The van der Waals surface area contributed by atoms with Crippen molar-refractivity contribution in [2.24, 2.45) is 5.92 Å². The van der Waals surface area contributed by atoms with Gasteiger partial charge in [-0.3, -0.25) is 0 Å². The van der Waals surface area contributed by atoms with Crippen molar-refractivity contribution in [2.45, 2.75) is 19.9 Å². The second-order valence-corrected chi connectivity index (χ2v) is 8.01. The van der Waals surface area contributed by atoms with Crippen LogP contribution in [0.5, 0.6) is 0 Å². The molecule has 0 radical (unpaired) electrons. The maximum atomic E-state index is 12.6. The van der Waals surface area contributed by atoms with E-state index in [-0.39, 0.29) is 11.7 Å². The van der Waals surface area contributed by atoms with Gasteiger partial charge >= 0.3 is 0 Å². The Labute approximate surface area is 133 Å². The van der Waals surface area contributed by atoms with Crippen LogP contribution in [-0.4, -0.2) is 52.3 Å². The topological polar surface area (TPSA) is 49.9 Å². The summed E-state index contributed by atoms with van der Waals surface area (Å²) in [6.45, 7) is 4.05. The average Bonchev–Trinajstić information content (AvgIpc) is 2.97. The number of sulfonamides is 1. The Kier molecular flexibility index (Phi) is 5.83. The first-order valence-corrected chi connectivity index (χ1v) is 9.35. The molecule has 0 amide bonds. The van der Waals surface area contributed by atoms with Crippen LogP contribution in [0.15, 0.2) is 24.3 Å². The van der Waals surface area contributed by atoms with Crippen LogP contribution in [0.2, 0.25) is 0 Å². The molecular weight excluding hydrogens is 300 g/mol. The zero-order valence-electron chi connectivity index (χ0n) is 13.7. The highest BCUT2D eigenvalue weighted by atomic mass is 32.2. The van der Waals surface area contributed by atoms with E-state index in [9.17, 15) is 8.42 Å². The van der Waals surface area contributed by atoms with Crippen LogP contribution < -0.4 is 4.90 Å². The van der Waals surface area contributed by atoms with E-state index in [1.165, 1.54) is 0 Å². The van der Waals surface area contributed by atoms with E-state index in [0.717, 1.165) is 17.7 Å². The first-order valence-electron chi connectivity index (χ1n) is 7.74. The molecule has 0 saturated carbocycles. The summed E-state index contributed by atoms with van der Waals surface area (Å²) in [5.74, 6) is 0.326. The van der Waals surface area contributed by atoms with Gasteiger partial charge in [-0.05, 0) is 30.0 Å². The predicted molar refractivity (Wildman–Crippen MR) is 89.6 cm³/mol. The normalized spacial score (nSPS) is 18.8. The van der Waals surface area contributed by atoms with Crippen molar-refractivity contribution in [3.05, 3.63) is 29.8 Å². The monoisotopic (exact) mass is 326 g/mol. The third kappa shape index (κ3) is 4.44. The number of rotatable bonds is 7. The Hall–Kier alpha value is -1.11. The summed E-state index contributed by atoms with van der Waals surface area (Å²) in [5.41, 5.74) is 2.12. The molecule has 1 aromatic rings. The molecule has 0 aromatic heterocycles. The lowest BCUT2D eigenvalue weighted by Crippen LogP contribution is -2.35. The summed E-state index contributed by atoms with van der Waals surface area (Å²) in [6.07, 6.45) is 0.842. The predicted octanol–water partition coefficient (Wildman–Crippen LogP) is 1.94. The molecule has 0 spiro atoms. The highest BCUT2D eigenvalue weighted by Crippen LogP contribution is 2.19. The molecule has 1 saturated heterocycles. The summed E-state index contributed by atoms with van der Waals surface area (Å²) in [7, 11) is 0.738. The zero-order chi connectivity index (χ0) is 16.2. The molecular formula is C16H26N2O3S. The molecule has 1 aliphatic rings. The van der Waals surface area contributed by atoms with Gasteiger partial charge in [-0.25, -0.2) is 8.42 Å². The standard InChI is InChI=1S/C16H26N2O3S/c1-4-18(22(19,20)13-15-9-10-21-12-15)11-14-5-7-16(8-6-14)17(2)3/h5-8,15H,4,9-13H2,1-3H3/t15-/m0/s1. The highest BCUT2D eigenvalue weighted by Gasteiger charge is 2.27. The maximum absolute atomic E-state index is 12.6. The summed E-state index contributed by atoms with van der Waals surface area (Å²) in [5, 5.41) is 0. The number of anilines is 1. The number of hydrogen-bond donors (Lipinski definition) is 0. The molecule has 0 N–H and O–H groups in total. The Bertz CT molecular complexity index is 564. The maximum Gasteiger partial charge on any atom is 0.214 e. The van der Waals surface area contributed by atoms with Crippen LogP contribution in [0, 0.1) is 5.92 Å². The summed E-state index contributed by atoms with van der Waals surface area (Å²) in [6, 6.07) is 8.01. The fraction of sp³-hybridized carbons (Fsp3) is 0.625. The minimum Gasteiger partial charge on any atom is -0.381 e.